The molecular formula is C11H22N2O. The zero-order valence-electron chi connectivity index (χ0n) is 9.17. The van der Waals surface area contributed by atoms with E-state index in [9.17, 15) is 0 Å². The van der Waals surface area contributed by atoms with E-state index in [1.54, 1.807) is 0 Å². The van der Waals surface area contributed by atoms with Crippen molar-refractivity contribution in [2.75, 3.05) is 26.3 Å². The Kier molecular flexibility index (Phi) is 3.10. The molecule has 2 aliphatic rings. The van der Waals surface area contributed by atoms with Crippen molar-refractivity contribution in [2.24, 2.45) is 5.73 Å². The highest BCUT2D eigenvalue weighted by atomic mass is 16.5. The van der Waals surface area contributed by atoms with Gasteiger partial charge in [-0.05, 0) is 32.6 Å². The lowest BCUT2D eigenvalue weighted by Gasteiger charge is -2.46. The molecule has 2 rings (SSSR count). The van der Waals surface area contributed by atoms with Crippen LogP contribution in [0.1, 0.15) is 32.6 Å². The topological polar surface area (TPSA) is 38.5 Å². The Morgan fingerprint density at radius 3 is 2.36 bits per heavy atom. The molecule has 2 N–H and O–H groups in total. The van der Waals surface area contributed by atoms with Gasteiger partial charge in [-0.2, -0.15) is 0 Å². The molecule has 1 saturated heterocycles. The standard InChI is InChI=1S/C11H22N2O/c1-11(4-2-10(12)3-5-11)13-6-8-14-9-7-13/h10H,2-9,12H2,1H3. The van der Waals surface area contributed by atoms with Crippen LogP contribution < -0.4 is 5.73 Å². The van der Waals surface area contributed by atoms with Crippen molar-refractivity contribution in [3.8, 4) is 0 Å². The van der Waals surface area contributed by atoms with Crippen LogP contribution >= 0.6 is 0 Å². The first-order valence-electron chi connectivity index (χ1n) is 5.79. The monoisotopic (exact) mass is 198 g/mol. The van der Waals surface area contributed by atoms with Gasteiger partial charge in [0.05, 0.1) is 13.2 Å². The normalized spacial score (nSPS) is 41.1. The fourth-order valence-electron chi connectivity index (χ4n) is 2.68. The summed E-state index contributed by atoms with van der Waals surface area (Å²) in [4.78, 5) is 2.60. The molecule has 0 unspecified atom stereocenters. The number of nitrogens with two attached hydrogens (primary N) is 1. The minimum Gasteiger partial charge on any atom is -0.379 e. The average Bonchev–Trinajstić information content (AvgIpc) is 2.24. The number of nitrogens with zero attached hydrogens (tertiary/aromatic N) is 1. The fraction of sp³-hybridized carbons (Fsp3) is 1.00. The number of ether oxygens (including phenoxy) is 1. The summed E-state index contributed by atoms with van der Waals surface area (Å²) in [5.41, 5.74) is 6.34. The van der Waals surface area contributed by atoms with Crippen LogP contribution in [0.15, 0.2) is 0 Å². The lowest BCUT2D eigenvalue weighted by atomic mass is 9.79. The van der Waals surface area contributed by atoms with Crippen LogP contribution in [0.3, 0.4) is 0 Å². The molecule has 1 aliphatic heterocycles. The van der Waals surface area contributed by atoms with Crippen molar-refractivity contribution in [1.29, 1.82) is 0 Å². The molecule has 0 aromatic heterocycles. The Bertz CT molecular complexity index is 182. The minimum absolute atomic E-state index is 0.402. The highest BCUT2D eigenvalue weighted by molar-refractivity contribution is 4.92. The molecular weight excluding hydrogens is 176 g/mol. The average molecular weight is 198 g/mol. The van der Waals surface area contributed by atoms with Gasteiger partial charge in [0.25, 0.3) is 0 Å². The quantitative estimate of drug-likeness (QED) is 0.682. The van der Waals surface area contributed by atoms with Crippen LogP contribution in [-0.2, 0) is 4.74 Å². The highest BCUT2D eigenvalue weighted by Crippen LogP contribution is 2.33. The summed E-state index contributed by atoms with van der Waals surface area (Å²) in [5.74, 6) is 0. The van der Waals surface area contributed by atoms with Crippen LogP contribution in [0.25, 0.3) is 0 Å². The third-order valence-electron chi connectivity index (χ3n) is 3.88. The summed E-state index contributed by atoms with van der Waals surface area (Å²) in [6, 6.07) is 0.448. The number of rotatable bonds is 1. The Hall–Kier alpha value is -0.120. The predicted molar refractivity (Wildman–Crippen MR) is 57.2 cm³/mol. The second kappa shape index (κ2) is 4.17. The molecule has 82 valence electrons. The van der Waals surface area contributed by atoms with Crippen LogP contribution in [0.4, 0.5) is 0 Å². The molecule has 3 nitrogen and oxygen atoms in total. The molecule has 1 saturated carbocycles. The van der Waals surface area contributed by atoms with Crippen molar-refractivity contribution in [3.05, 3.63) is 0 Å². The van der Waals surface area contributed by atoms with E-state index < -0.39 is 0 Å². The summed E-state index contributed by atoms with van der Waals surface area (Å²) in [6.45, 7) is 6.41. The molecule has 2 fully saturated rings. The molecule has 0 atom stereocenters. The van der Waals surface area contributed by atoms with Crippen molar-refractivity contribution in [1.82, 2.24) is 4.90 Å². The van der Waals surface area contributed by atoms with Gasteiger partial charge in [-0.25, -0.2) is 0 Å². The van der Waals surface area contributed by atoms with Gasteiger partial charge in [0.15, 0.2) is 0 Å². The van der Waals surface area contributed by atoms with Crippen LogP contribution in [0.5, 0.6) is 0 Å². The zero-order valence-corrected chi connectivity index (χ0v) is 9.17. The van der Waals surface area contributed by atoms with Crippen molar-refractivity contribution in [3.63, 3.8) is 0 Å². The first-order chi connectivity index (χ1) is 6.71. The maximum Gasteiger partial charge on any atom is 0.0594 e. The van der Waals surface area contributed by atoms with Gasteiger partial charge in [-0.15, -0.1) is 0 Å². The minimum atomic E-state index is 0.402. The van der Waals surface area contributed by atoms with E-state index in [4.69, 9.17) is 10.5 Å². The molecule has 1 aliphatic carbocycles. The van der Waals surface area contributed by atoms with Crippen molar-refractivity contribution >= 4 is 0 Å². The third kappa shape index (κ3) is 2.10. The molecule has 0 aromatic carbocycles. The van der Waals surface area contributed by atoms with E-state index in [1.165, 1.54) is 25.7 Å². The first kappa shape index (κ1) is 10.4. The van der Waals surface area contributed by atoms with E-state index in [-0.39, 0.29) is 0 Å². The summed E-state index contributed by atoms with van der Waals surface area (Å²) in [5, 5.41) is 0. The van der Waals surface area contributed by atoms with Gasteiger partial charge in [-0.1, -0.05) is 0 Å². The van der Waals surface area contributed by atoms with E-state index in [0.717, 1.165) is 26.3 Å². The molecule has 14 heavy (non-hydrogen) atoms. The summed E-state index contributed by atoms with van der Waals surface area (Å²) >= 11 is 0. The van der Waals surface area contributed by atoms with Crippen LogP contribution in [-0.4, -0.2) is 42.8 Å². The van der Waals surface area contributed by atoms with Crippen molar-refractivity contribution < 1.29 is 4.74 Å². The second-order valence-corrected chi connectivity index (χ2v) is 4.93. The molecule has 0 amide bonds. The van der Waals surface area contributed by atoms with Gasteiger partial charge in [0.1, 0.15) is 0 Å². The Morgan fingerprint density at radius 2 is 1.79 bits per heavy atom. The fourth-order valence-corrected chi connectivity index (χ4v) is 2.68. The lowest BCUT2D eigenvalue weighted by Crippen LogP contribution is -2.54. The lowest BCUT2D eigenvalue weighted by molar-refractivity contribution is -0.0311. The maximum atomic E-state index is 5.94. The number of morpholine rings is 1. The predicted octanol–water partition coefficient (Wildman–Crippen LogP) is 0.979. The largest absolute Gasteiger partial charge is 0.379 e. The van der Waals surface area contributed by atoms with Gasteiger partial charge in [0.2, 0.25) is 0 Å². The highest BCUT2D eigenvalue weighted by Gasteiger charge is 2.35. The summed E-state index contributed by atoms with van der Waals surface area (Å²) < 4.78 is 5.39. The Labute approximate surface area is 86.6 Å². The van der Waals surface area contributed by atoms with Gasteiger partial charge in [0, 0.05) is 24.7 Å². The summed E-state index contributed by atoms with van der Waals surface area (Å²) in [7, 11) is 0. The summed E-state index contributed by atoms with van der Waals surface area (Å²) in [6.07, 6.45) is 4.89. The van der Waals surface area contributed by atoms with Gasteiger partial charge < -0.3 is 10.5 Å². The Balaban J connectivity index is 1.93. The van der Waals surface area contributed by atoms with Gasteiger partial charge >= 0.3 is 0 Å². The zero-order chi connectivity index (χ0) is 10.0. The van der Waals surface area contributed by atoms with Gasteiger partial charge in [-0.3, -0.25) is 4.90 Å². The molecule has 0 radical (unpaired) electrons. The van der Waals surface area contributed by atoms with E-state index >= 15 is 0 Å². The van der Waals surface area contributed by atoms with E-state index in [1.807, 2.05) is 0 Å². The van der Waals surface area contributed by atoms with Crippen LogP contribution in [0.2, 0.25) is 0 Å². The molecule has 0 spiro atoms. The molecule has 1 heterocycles. The molecule has 0 aromatic rings. The van der Waals surface area contributed by atoms with Crippen molar-refractivity contribution in [2.45, 2.75) is 44.2 Å². The number of hydrogen-bond acceptors (Lipinski definition) is 3. The second-order valence-electron chi connectivity index (χ2n) is 4.93. The van der Waals surface area contributed by atoms with E-state index in [0.29, 0.717) is 11.6 Å². The smallest absolute Gasteiger partial charge is 0.0594 e. The SMILES string of the molecule is CC1(N2CCOCC2)CCC(N)CC1. The molecule has 0 bridgehead atoms. The maximum absolute atomic E-state index is 5.94. The number of hydrogen-bond donors (Lipinski definition) is 1. The molecule has 3 heteroatoms. The first-order valence-corrected chi connectivity index (χ1v) is 5.79. The Morgan fingerprint density at radius 1 is 1.21 bits per heavy atom. The third-order valence-corrected chi connectivity index (χ3v) is 3.88. The van der Waals surface area contributed by atoms with Crippen LogP contribution in [0, 0.1) is 0 Å². The van der Waals surface area contributed by atoms with E-state index in [2.05, 4.69) is 11.8 Å².